The van der Waals surface area contributed by atoms with Crippen LogP contribution < -0.4 is 5.73 Å². The zero-order chi connectivity index (χ0) is 11.5. The number of aromatic nitrogens is 2. The quantitative estimate of drug-likeness (QED) is 0.940. The Bertz CT molecular complexity index is 478. The van der Waals surface area contributed by atoms with Gasteiger partial charge in [0.15, 0.2) is 0 Å². The normalized spacial score (nSPS) is 10.7. The maximum Gasteiger partial charge on any atom is 0.123 e. The van der Waals surface area contributed by atoms with E-state index < -0.39 is 0 Å². The maximum atomic E-state index is 12.8. The Balaban J connectivity index is 2.45. The van der Waals surface area contributed by atoms with Gasteiger partial charge in [-0.05, 0) is 40.2 Å². The number of rotatable bonds is 3. The number of nitrogens with two attached hydrogens (primary N) is 1. The summed E-state index contributed by atoms with van der Waals surface area (Å²) in [6.07, 6.45) is 1.72. The van der Waals surface area contributed by atoms with E-state index in [1.54, 1.807) is 23.0 Å². The molecule has 0 saturated carbocycles. The van der Waals surface area contributed by atoms with Crippen LogP contribution in [0.5, 0.6) is 0 Å². The fourth-order valence-corrected chi connectivity index (χ4v) is 2.07. The fraction of sp³-hybridized carbons (Fsp3) is 0.182. The molecule has 1 heterocycles. The number of halogens is 2. The minimum atomic E-state index is -0.246. The average Bonchev–Trinajstić information content (AvgIpc) is 2.62. The lowest BCUT2D eigenvalue weighted by Crippen LogP contribution is -2.12. The van der Waals surface area contributed by atoms with Gasteiger partial charge in [0.25, 0.3) is 0 Å². The van der Waals surface area contributed by atoms with E-state index in [0.717, 1.165) is 15.7 Å². The van der Waals surface area contributed by atoms with Gasteiger partial charge >= 0.3 is 0 Å². The average molecular weight is 284 g/mol. The van der Waals surface area contributed by atoms with Crippen LogP contribution in [0.15, 0.2) is 34.9 Å². The minimum Gasteiger partial charge on any atom is -0.329 e. The molecule has 2 rings (SSSR count). The summed E-state index contributed by atoms with van der Waals surface area (Å²) in [4.78, 5) is 0. The van der Waals surface area contributed by atoms with Crippen LogP contribution >= 0.6 is 15.9 Å². The van der Waals surface area contributed by atoms with Crippen LogP contribution in [0, 0.1) is 5.82 Å². The highest BCUT2D eigenvalue weighted by Crippen LogP contribution is 2.27. The predicted molar refractivity (Wildman–Crippen MR) is 64.4 cm³/mol. The van der Waals surface area contributed by atoms with Crippen molar-refractivity contribution in [1.29, 1.82) is 0 Å². The van der Waals surface area contributed by atoms with Gasteiger partial charge in [-0.3, -0.25) is 4.68 Å². The summed E-state index contributed by atoms with van der Waals surface area (Å²) < 4.78 is 15.5. The van der Waals surface area contributed by atoms with Crippen molar-refractivity contribution in [1.82, 2.24) is 9.78 Å². The topological polar surface area (TPSA) is 43.8 Å². The summed E-state index contributed by atoms with van der Waals surface area (Å²) in [6.45, 7) is 1.15. The Hall–Kier alpha value is -1.20. The highest BCUT2D eigenvalue weighted by Gasteiger charge is 2.10. The van der Waals surface area contributed by atoms with Crippen molar-refractivity contribution >= 4 is 15.9 Å². The van der Waals surface area contributed by atoms with E-state index in [4.69, 9.17) is 5.73 Å². The Labute approximate surface area is 101 Å². The van der Waals surface area contributed by atoms with Crippen LogP contribution in [-0.2, 0) is 6.54 Å². The molecule has 1 aromatic heterocycles. The third-order valence-corrected chi connectivity index (χ3v) is 2.83. The molecule has 0 bridgehead atoms. The van der Waals surface area contributed by atoms with Gasteiger partial charge < -0.3 is 5.73 Å². The largest absolute Gasteiger partial charge is 0.329 e. The SMILES string of the molecule is NCCn1ncc(Br)c1-c1ccc(F)cc1. The molecule has 5 heteroatoms. The first-order valence-corrected chi connectivity index (χ1v) is 5.69. The lowest BCUT2D eigenvalue weighted by molar-refractivity contribution is 0.625. The first kappa shape index (κ1) is 11.3. The van der Waals surface area contributed by atoms with Gasteiger partial charge in [0.2, 0.25) is 0 Å². The molecule has 0 fully saturated rings. The van der Waals surface area contributed by atoms with Crippen molar-refractivity contribution in [3.63, 3.8) is 0 Å². The van der Waals surface area contributed by atoms with E-state index >= 15 is 0 Å². The van der Waals surface area contributed by atoms with Gasteiger partial charge in [-0.15, -0.1) is 0 Å². The minimum absolute atomic E-state index is 0.246. The molecule has 0 aliphatic carbocycles. The zero-order valence-electron chi connectivity index (χ0n) is 8.53. The Morgan fingerprint density at radius 1 is 1.31 bits per heavy atom. The zero-order valence-corrected chi connectivity index (χ0v) is 10.1. The maximum absolute atomic E-state index is 12.8. The standard InChI is InChI=1S/C11H11BrFN3/c12-10-7-15-16(6-5-14)11(10)8-1-3-9(13)4-2-8/h1-4,7H,5-6,14H2. The molecule has 0 aliphatic heterocycles. The number of nitrogens with zero attached hydrogens (tertiary/aromatic N) is 2. The molecule has 84 valence electrons. The van der Waals surface area contributed by atoms with Crippen molar-refractivity contribution < 1.29 is 4.39 Å². The van der Waals surface area contributed by atoms with Crippen LogP contribution in [0.2, 0.25) is 0 Å². The molecule has 2 aromatic rings. The summed E-state index contributed by atoms with van der Waals surface area (Å²) in [7, 11) is 0. The van der Waals surface area contributed by atoms with Gasteiger partial charge in [0.05, 0.1) is 22.9 Å². The van der Waals surface area contributed by atoms with E-state index in [9.17, 15) is 4.39 Å². The first-order valence-electron chi connectivity index (χ1n) is 4.89. The van der Waals surface area contributed by atoms with Crippen molar-refractivity contribution in [2.24, 2.45) is 5.73 Å². The van der Waals surface area contributed by atoms with Crippen molar-refractivity contribution in [3.8, 4) is 11.3 Å². The molecule has 1 aromatic carbocycles. The van der Waals surface area contributed by atoms with Crippen molar-refractivity contribution in [2.45, 2.75) is 6.54 Å². The second kappa shape index (κ2) is 4.76. The molecule has 0 aliphatic rings. The molecule has 2 N–H and O–H groups in total. The van der Waals surface area contributed by atoms with Gasteiger partial charge in [0, 0.05) is 12.1 Å². The summed E-state index contributed by atoms with van der Waals surface area (Å²) >= 11 is 3.42. The van der Waals surface area contributed by atoms with Crippen LogP contribution in [-0.4, -0.2) is 16.3 Å². The summed E-state index contributed by atoms with van der Waals surface area (Å²) in [5.74, 6) is -0.246. The molecule has 0 unspecified atom stereocenters. The predicted octanol–water partition coefficient (Wildman–Crippen LogP) is 2.41. The number of hydrogen-bond donors (Lipinski definition) is 1. The highest BCUT2D eigenvalue weighted by molar-refractivity contribution is 9.10. The smallest absolute Gasteiger partial charge is 0.123 e. The van der Waals surface area contributed by atoms with Gasteiger partial charge in [-0.25, -0.2) is 4.39 Å². The third-order valence-electron chi connectivity index (χ3n) is 2.25. The summed E-state index contributed by atoms with van der Waals surface area (Å²) in [6, 6.07) is 6.32. The van der Waals surface area contributed by atoms with Crippen LogP contribution in [0.4, 0.5) is 4.39 Å². The van der Waals surface area contributed by atoms with Gasteiger partial charge in [-0.2, -0.15) is 5.10 Å². The molecule has 0 radical (unpaired) electrons. The number of benzene rings is 1. The lowest BCUT2D eigenvalue weighted by Gasteiger charge is -2.06. The van der Waals surface area contributed by atoms with Crippen molar-refractivity contribution in [2.75, 3.05) is 6.54 Å². The van der Waals surface area contributed by atoms with E-state index in [0.29, 0.717) is 13.1 Å². The van der Waals surface area contributed by atoms with Gasteiger partial charge in [0.1, 0.15) is 5.82 Å². The summed E-state index contributed by atoms with van der Waals surface area (Å²) in [5, 5.41) is 4.20. The fourth-order valence-electron chi connectivity index (χ4n) is 1.55. The van der Waals surface area contributed by atoms with E-state index in [-0.39, 0.29) is 5.82 Å². The monoisotopic (exact) mass is 283 g/mol. The van der Waals surface area contributed by atoms with Gasteiger partial charge in [-0.1, -0.05) is 0 Å². The first-order chi connectivity index (χ1) is 7.72. The Morgan fingerprint density at radius 3 is 2.62 bits per heavy atom. The van der Waals surface area contributed by atoms with Crippen molar-refractivity contribution in [3.05, 3.63) is 40.8 Å². The second-order valence-corrected chi connectivity index (χ2v) is 4.21. The molecular formula is C11H11BrFN3. The van der Waals surface area contributed by atoms with Crippen LogP contribution in [0.1, 0.15) is 0 Å². The molecule has 16 heavy (non-hydrogen) atoms. The Kier molecular flexibility index (Phi) is 3.36. The molecule has 0 spiro atoms. The molecular weight excluding hydrogens is 273 g/mol. The van der Waals surface area contributed by atoms with E-state index in [2.05, 4.69) is 21.0 Å². The summed E-state index contributed by atoms with van der Waals surface area (Å²) in [5.41, 5.74) is 7.34. The third kappa shape index (κ3) is 2.15. The molecule has 3 nitrogen and oxygen atoms in total. The van der Waals surface area contributed by atoms with E-state index in [1.807, 2.05) is 0 Å². The molecule has 0 amide bonds. The number of hydrogen-bond acceptors (Lipinski definition) is 2. The highest BCUT2D eigenvalue weighted by atomic mass is 79.9. The van der Waals surface area contributed by atoms with Crippen LogP contribution in [0.3, 0.4) is 0 Å². The molecule has 0 atom stereocenters. The lowest BCUT2D eigenvalue weighted by atomic mass is 10.1. The second-order valence-electron chi connectivity index (χ2n) is 3.36. The van der Waals surface area contributed by atoms with Crippen LogP contribution in [0.25, 0.3) is 11.3 Å². The molecule has 0 saturated heterocycles. The van der Waals surface area contributed by atoms with E-state index in [1.165, 1.54) is 12.1 Å². The Morgan fingerprint density at radius 2 is 2.00 bits per heavy atom.